The van der Waals surface area contributed by atoms with E-state index in [1.54, 1.807) is 0 Å². The standard InChI is InChI=1S/C27H39NO3/c1-25(2,28)17-29-24-7-5-20(6-8-24)21-4-3-9-26(15-21)16-27(31-30-26)22-11-18-10-19(13-22)14-23(27)12-18/h5-8,18-19,21-23H,3-4,9-17,28H2,1-2H3/t18?,19?,21?,22?,23?,26-,27?/m1/s1. The molecule has 0 radical (unpaired) electrons. The predicted molar refractivity (Wildman–Crippen MR) is 121 cm³/mol. The second kappa shape index (κ2) is 7.20. The first-order valence-electron chi connectivity index (χ1n) is 12.7. The van der Waals surface area contributed by atoms with E-state index in [0.29, 0.717) is 12.5 Å². The summed E-state index contributed by atoms with van der Waals surface area (Å²) in [5, 5.41) is 0. The van der Waals surface area contributed by atoms with Gasteiger partial charge in [-0.25, -0.2) is 9.78 Å². The Balaban J connectivity index is 1.15. The Morgan fingerprint density at radius 3 is 2.32 bits per heavy atom. The van der Waals surface area contributed by atoms with Gasteiger partial charge in [0.05, 0.1) is 0 Å². The van der Waals surface area contributed by atoms with E-state index in [1.165, 1.54) is 50.5 Å². The lowest BCUT2D eigenvalue weighted by atomic mass is 9.48. The van der Waals surface area contributed by atoms with Gasteiger partial charge in [-0.1, -0.05) is 12.1 Å². The number of ether oxygens (including phenoxy) is 1. The van der Waals surface area contributed by atoms with Crippen LogP contribution in [0, 0.1) is 23.7 Å². The van der Waals surface area contributed by atoms with Gasteiger partial charge in [0.15, 0.2) is 0 Å². The summed E-state index contributed by atoms with van der Waals surface area (Å²) in [4.78, 5) is 12.8. The molecule has 2 atom stereocenters. The molecule has 31 heavy (non-hydrogen) atoms. The number of nitrogens with two attached hydrogens (primary N) is 1. The first-order chi connectivity index (χ1) is 14.8. The Hall–Kier alpha value is -1.10. The fourth-order valence-electron chi connectivity index (χ4n) is 8.09. The summed E-state index contributed by atoms with van der Waals surface area (Å²) < 4.78 is 5.87. The van der Waals surface area contributed by atoms with Gasteiger partial charge in [-0.15, -0.1) is 0 Å². The van der Waals surface area contributed by atoms with Gasteiger partial charge >= 0.3 is 0 Å². The van der Waals surface area contributed by atoms with E-state index in [1.807, 2.05) is 13.8 Å². The van der Waals surface area contributed by atoms with Crippen molar-refractivity contribution in [3.63, 3.8) is 0 Å². The van der Waals surface area contributed by atoms with Crippen LogP contribution < -0.4 is 10.5 Å². The predicted octanol–water partition coefficient (Wildman–Crippen LogP) is 5.75. The van der Waals surface area contributed by atoms with Crippen molar-refractivity contribution in [2.45, 2.75) is 101 Å². The van der Waals surface area contributed by atoms with E-state index in [9.17, 15) is 0 Å². The molecule has 5 aliphatic carbocycles. The Kier molecular flexibility index (Phi) is 4.76. The molecule has 6 aliphatic rings. The monoisotopic (exact) mass is 425 g/mol. The lowest BCUT2D eigenvalue weighted by Gasteiger charge is -2.58. The van der Waals surface area contributed by atoms with Crippen molar-refractivity contribution in [1.82, 2.24) is 0 Å². The van der Waals surface area contributed by atoms with Crippen LogP contribution in [-0.4, -0.2) is 23.3 Å². The molecule has 1 aliphatic heterocycles. The summed E-state index contributed by atoms with van der Waals surface area (Å²) in [6.45, 7) is 4.50. The molecule has 1 saturated heterocycles. The van der Waals surface area contributed by atoms with Crippen molar-refractivity contribution in [3.8, 4) is 5.75 Å². The van der Waals surface area contributed by atoms with Crippen LogP contribution in [-0.2, 0) is 9.78 Å². The maximum atomic E-state index is 6.45. The van der Waals surface area contributed by atoms with Crippen LogP contribution in [0.4, 0.5) is 0 Å². The van der Waals surface area contributed by atoms with Gasteiger partial charge in [-0.3, -0.25) is 0 Å². The second-order valence-corrected chi connectivity index (χ2v) is 12.4. The van der Waals surface area contributed by atoms with E-state index in [2.05, 4.69) is 24.3 Å². The molecular weight excluding hydrogens is 386 g/mol. The largest absolute Gasteiger partial charge is 0.492 e. The lowest BCUT2D eigenvalue weighted by Crippen LogP contribution is -2.58. The molecule has 4 bridgehead atoms. The molecule has 5 saturated carbocycles. The Morgan fingerprint density at radius 2 is 1.68 bits per heavy atom. The average molecular weight is 426 g/mol. The van der Waals surface area contributed by atoms with Gasteiger partial charge < -0.3 is 10.5 Å². The van der Waals surface area contributed by atoms with Crippen LogP contribution in [0.3, 0.4) is 0 Å². The van der Waals surface area contributed by atoms with Gasteiger partial charge in [0, 0.05) is 12.0 Å². The minimum absolute atomic E-state index is 0.0298. The minimum atomic E-state index is -0.317. The van der Waals surface area contributed by atoms with E-state index in [-0.39, 0.29) is 16.7 Å². The molecule has 1 aromatic carbocycles. The van der Waals surface area contributed by atoms with Crippen molar-refractivity contribution in [1.29, 1.82) is 0 Å². The van der Waals surface area contributed by atoms with Crippen molar-refractivity contribution in [2.24, 2.45) is 29.4 Å². The van der Waals surface area contributed by atoms with E-state index >= 15 is 0 Å². The van der Waals surface area contributed by atoms with Crippen LogP contribution in [0.1, 0.15) is 89.5 Å². The molecule has 4 nitrogen and oxygen atoms in total. The SMILES string of the molecule is CC(C)(N)COc1ccc(C2CCC[C@@]3(C2)CC2(OO3)C3CC4CC(C3)CC2C4)cc1. The highest BCUT2D eigenvalue weighted by Gasteiger charge is 2.65. The van der Waals surface area contributed by atoms with Crippen LogP contribution in [0.5, 0.6) is 5.75 Å². The fourth-order valence-corrected chi connectivity index (χ4v) is 8.09. The quantitative estimate of drug-likeness (QED) is 0.625. The highest BCUT2D eigenvalue weighted by molar-refractivity contribution is 5.30. The highest BCUT2D eigenvalue weighted by atomic mass is 17.2. The normalized spacial score (nSPS) is 43.8. The topological polar surface area (TPSA) is 53.7 Å². The number of hydrogen-bond donors (Lipinski definition) is 1. The van der Waals surface area contributed by atoms with Gasteiger partial charge in [0.25, 0.3) is 0 Å². The molecule has 0 aromatic heterocycles. The molecule has 1 heterocycles. The first kappa shape index (κ1) is 20.5. The minimum Gasteiger partial charge on any atom is -0.492 e. The third-order valence-corrected chi connectivity index (χ3v) is 9.26. The van der Waals surface area contributed by atoms with E-state index in [0.717, 1.165) is 48.7 Å². The third kappa shape index (κ3) is 3.63. The van der Waals surface area contributed by atoms with Crippen LogP contribution in [0.2, 0.25) is 0 Å². The fraction of sp³-hybridized carbons (Fsp3) is 0.778. The summed E-state index contributed by atoms with van der Waals surface area (Å²) in [7, 11) is 0. The summed E-state index contributed by atoms with van der Waals surface area (Å²) in [6.07, 6.45) is 12.9. The summed E-state index contributed by atoms with van der Waals surface area (Å²) in [5.74, 6) is 4.87. The zero-order valence-electron chi connectivity index (χ0n) is 19.3. The molecule has 4 heteroatoms. The van der Waals surface area contributed by atoms with Gasteiger partial charge in [0.1, 0.15) is 23.6 Å². The Bertz CT molecular complexity index is 785. The highest BCUT2D eigenvalue weighted by Crippen LogP contribution is 2.65. The third-order valence-electron chi connectivity index (χ3n) is 9.26. The summed E-state index contributed by atoms with van der Waals surface area (Å²) in [5.41, 5.74) is 7.10. The van der Waals surface area contributed by atoms with Gasteiger partial charge in [0.2, 0.25) is 0 Å². The molecule has 170 valence electrons. The maximum Gasteiger partial charge on any atom is 0.119 e. The zero-order chi connectivity index (χ0) is 21.3. The second-order valence-electron chi connectivity index (χ2n) is 12.4. The molecule has 0 amide bonds. The average Bonchev–Trinajstić information content (AvgIpc) is 3.09. The number of rotatable bonds is 4. The van der Waals surface area contributed by atoms with Crippen LogP contribution in [0.25, 0.3) is 0 Å². The van der Waals surface area contributed by atoms with Crippen LogP contribution >= 0.6 is 0 Å². The molecule has 1 aromatic rings. The molecule has 1 unspecified atom stereocenters. The van der Waals surface area contributed by atoms with E-state index in [4.69, 9.17) is 20.2 Å². The lowest BCUT2D eigenvalue weighted by molar-refractivity contribution is -0.385. The zero-order valence-corrected chi connectivity index (χ0v) is 19.3. The molecule has 2 N–H and O–H groups in total. The molecular formula is C27H39NO3. The van der Waals surface area contributed by atoms with Crippen molar-refractivity contribution < 1.29 is 14.5 Å². The first-order valence-corrected chi connectivity index (χ1v) is 12.7. The van der Waals surface area contributed by atoms with Crippen molar-refractivity contribution in [2.75, 3.05) is 6.61 Å². The number of benzene rings is 1. The van der Waals surface area contributed by atoms with Gasteiger partial charge in [-0.2, -0.15) is 0 Å². The summed E-state index contributed by atoms with van der Waals surface area (Å²) in [6, 6.07) is 8.70. The smallest absolute Gasteiger partial charge is 0.119 e. The Labute approximate surface area is 187 Å². The molecule has 2 spiro atoms. The summed E-state index contributed by atoms with van der Waals surface area (Å²) >= 11 is 0. The van der Waals surface area contributed by atoms with E-state index < -0.39 is 0 Å². The van der Waals surface area contributed by atoms with Crippen LogP contribution in [0.15, 0.2) is 24.3 Å². The molecule has 7 rings (SSSR count). The van der Waals surface area contributed by atoms with Gasteiger partial charge in [-0.05, 0) is 119 Å². The maximum absolute atomic E-state index is 6.45. The molecule has 6 fully saturated rings. The van der Waals surface area contributed by atoms with Crippen molar-refractivity contribution >= 4 is 0 Å². The number of hydrogen-bond acceptors (Lipinski definition) is 4. The van der Waals surface area contributed by atoms with Crippen molar-refractivity contribution in [3.05, 3.63) is 29.8 Å². The Morgan fingerprint density at radius 1 is 1.00 bits per heavy atom.